The van der Waals surface area contributed by atoms with Crippen LogP contribution in [0.2, 0.25) is 18.1 Å². The van der Waals surface area contributed by atoms with Gasteiger partial charge >= 0.3 is 5.97 Å². The zero-order valence-corrected chi connectivity index (χ0v) is 21.8. The number of hydrogen-bond acceptors (Lipinski definition) is 6. The number of carbonyl (C=O) groups is 1. The molecule has 180 valence electrons. The molecule has 0 radical (unpaired) electrons. The highest BCUT2D eigenvalue weighted by molar-refractivity contribution is 6.74. The molecule has 1 saturated heterocycles. The largest absolute Gasteiger partial charge is 0.463 e. The quantitative estimate of drug-likeness (QED) is 0.268. The molecule has 3 atom stereocenters. The van der Waals surface area contributed by atoms with Crippen molar-refractivity contribution >= 4 is 14.3 Å². The summed E-state index contributed by atoms with van der Waals surface area (Å²) >= 11 is 0. The molecule has 1 fully saturated rings. The fourth-order valence-corrected chi connectivity index (χ4v) is 4.55. The molecule has 0 bridgehead atoms. The van der Waals surface area contributed by atoms with Crippen molar-refractivity contribution in [3.05, 3.63) is 48.0 Å². The van der Waals surface area contributed by atoms with Gasteiger partial charge in [-0.05, 0) is 50.5 Å². The van der Waals surface area contributed by atoms with Crippen LogP contribution in [0.25, 0.3) is 0 Å². The van der Waals surface area contributed by atoms with Crippen LogP contribution in [0.3, 0.4) is 0 Å². The minimum absolute atomic E-state index is 0.0237. The summed E-state index contributed by atoms with van der Waals surface area (Å²) in [6, 6.07) is 10.0. The first-order valence-corrected chi connectivity index (χ1v) is 14.3. The highest BCUT2D eigenvalue weighted by Gasteiger charge is 2.48. The lowest BCUT2D eigenvalue weighted by Crippen LogP contribution is -2.50. The van der Waals surface area contributed by atoms with Gasteiger partial charge in [-0.3, -0.25) is 0 Å². The molecule has 7 heteroatoms. The number of benzene rings is 1. The fourth-order valence-electron chi connectivity index (χ4n) is 3.24. The Balaban J connectivity index is 2.22. The molecule has 32 heavy (non-hydrogen) atoms. The molecule has 6 nitrogen and oxygen atoms in total. The smallest absolute Gasteiger partial charge is 0.330 e. The molecular weight excluding hydrogens is 424 g/mol. The van der Waals surface area contributed by atoms with E-state index in [9.17, 15) is 4.79 Å². The van der Waals surface area contributed by atoms with Crippen molar-refractivity contribution in [3.8, 4) is 0 Å². The number of carbonyl (C=O) groups excluding carboxylic acids is 1. The van der Waals surface area contributed by atoms with E-state index >= 15 is 0 Å². The van der Waals surface area contributed by atoms with Gasteiger partial charge in [-0.15, -0.1) is 0 Å². The Morgan fingerprint density at radius 3 is 2.44 bits per heavy atom. The van der Waals surface area contributed by atoms with Gasteiger partial charge in [-0.25, -0.2) is 4.79 Å². The zero-order chi connectivity index (χ0) is 24.0. The summed E-state index contributed by atoms with van der Waals surface area (Å²) in [6.45, 7) is 17.7. The first-order valence-electron chi connectivity index (χ1n) is 11.3. The van der Waals surface area contributed by atoms with E-state index in [0.29, 0.717) is 19.8 Å². The van der Waals surface area contributed by atoms with Crippen LogP contribution in [-0.4, -0.2) is 51.6 Å². The SMILES string of the molecule is CCOC(=O)/C=C\[C@@H]1OC(C)(C)O[C@@H]1[C@H](COCc1ccccc1)O[Si](C)(C)C(C)(C)C. The van der Waals surface area contributed by atoms with Crippen molar-refractivity contribution in [3.63, 3.8) is 0 Å². The Bertz CT molecular complexity index is 753. The second-order valence-corrected chi connectivity index (χ2v) is 14.8. The van der Waals surface area contributed by atoms with Crippen molar-refractivity contribution in [1.82, 2.24) is 0 Å². The Morgan fingerprint density at radius 1 is 1.19 bits per heavy atom. The summed E-state index contributed by atoms with van der Waals surface area (Å²) in [5, 5.41) is 0.0237. The monoisotopic (exact) mass is 464 g/mol. The molecule has 1 aromatic rings. The number of esters is 1. The first kappa shape index (κ1) is 26.7. The summed E-state index contributed by atoms with van der Waals surface area (Å²) in [5.41, 5.74) is 1.10. The minimum Gasteiger partial charge on any atom is -0.463 e. The molecule has 1 aliphatic heterocycles. The third-order valence-electron chi connectivity index (χ3n) is 5.88. The van der Waals surface area contributed by atoms with Gasteiger partial charge in [0, 0.05) is 6.08 Å². The molecule has 0 unspecified atom stereocenters. The third kappa shape index (κ3) is 7.81. The number of ether oxygens (including phenoxy) is 4. The van der Waals surface area contributed by atoms with Gasteiger partial charge in [0.15, 0.2) is 14.1 Å². The molecule has 0 N–H and O–H groups in total. The van der Waals surface area contributed by atoms with Crippen molar-refractivity contribution in [2.45, 2.75) is 90.4 Å². The lowest BCUT2D eigenvalue weighted by atomic mass is 10.1. The summed E-state index contributed by atoms with van der Waals surface area (Å²) in [5.74, 6) is -1.20. The lowest BCUT2D eigenvalue weighted by molar-refractivity contribution is -0.156. The predicted molar refractivity (Wildman–Crippen MR) is 128 cm³/mol. The zero-order valence-electron chi connectivity index (χ0n) is 20.8. The number of rotatable bonds is 10. The van der Waals surface area contributed by atoms with E-state index in [1.165, 1.54) is 6.08 Å². The molecule has 1 heterocycles. The van der Waals surface area contributed by atoms with E-state index in [4.69, 9.17) is 23.4 Å². The average Bonchev–Trinajstić information content (AvgIpc) is 3.00. The minimum atomic E-state index is -2.13. The summed E-state index contributed by atoms with van der Waals surface area (Å²) in [4.78, 5) is 11.9. The van der Waals surface area contributed by atoms with Crippen LogP contribution in [-0.2, 0) is 34.8 Å². The van der Waals surface area contributed by atoms with Crippen molar-refractivity contribution < 1.29 is 28.2 Å². The summed E-state index contributed by atoms with van der Waals surface area (Å²) < 4.78 is 30.2. The normalized spacial score (nSPS) is 22.2. The van der Waals surface area contributed by atoms with Crippen LogP contribution >= 0.6 is 0 Å². The Morgan fingerprint density at radius 2 is 1.84 bits per heavy atom. The molecule has 0 aromatic heterocycles. The van der Waals surface area contributed by atoms with E-state index in [2.05, 4.69) is 33.9 Å². The fraction of sp³-hybridized carbons (Fsp3) is 0.640. The van der Waals surface area contributed by atoms with Gasteiger partial charge in [0.2, 0.25) is 0 Å². The molecule has 2 rings (SSSR count). The second kappa shape index (κ2) is 11.1. The Labute approximate surface area is 194 Å². The Hall–Kier alpha value is -1.51. The van der Waals surface area contributed by atoms with Gasteiger partial charge in [0.05, 0.1) is 25.9 Å². The first-order chi connectivity index (χ1) is 14.8. The maximum atomic E-state index is 11.9. The van der Waals surface area contributed by atoms with Crippen LogP contribution < -0.4 is 0 Å². The van der Waals surface area contributed by atoms with Crippen molar-refractivity contribution in [2.24, 2.45) is 0 Å². The van der Waals surface area contributed by atoms with Crippen LogP contribution in [0.5, 0.6) is 0 Å². The van der Waals surface area contributed by atoms with Crippen LogP contribution in [0, 0.1) is 0 Å². The van der Waals surface area contributed by atoms with Crippen LogP contribution in [0.15, 0.2) is 42.5 Å². The number of hydrogen-bond donors (Lipinski definition) is 0. The lowest BCUT2D eigenvalue weighted by Gasteiger charge is -2.41. The van der Waals surface area contributed by atoms with Crippen molar-refractivity contribution in [2.75, 3.05) is 13.2 Å². The molecule has 1 aromatic carbocycles. The molecule has 0 amide bonds. The predicted octanol–water partition coefficient (Wildman–Crippen LogP) is 5.23. The molecule has 0 aliphatic carbocycles. The molecular formula is C25H40O6Si. The topological polar surface area (TPSA) is 63.2 Å². The van der Waals surface area contributed by atoms with Gasteiger partial charge in [-0.2, -0.15) is 0 Å². The highest BCUT2D eigenvalue weighted by atomic mass is 28.4. The molecule has 1 aliphatic rings. The van der Waals surface area contributed by atoms with E-state index in [1.54, 1.807) is 13.0 Å². The highest BCUT2D eigenvalue weighted by Crippen LogP contribution is 2.40. The second-order valence-electron chi connectivity index (χ2n) is 10.1. The Kier molecular flexibility index (Phi) is 9.25. The summed E-state index contributed by atoms with van der Waals surface area (Å²) in [7, 11) is -2.13. The standard InChI is InChI=1S/C25H40O6Si/c1-9-28-22(26)16-15-20-23(30-25(5,6)29-20)21(31-32(7,8)24(2,3)4)18-27-17-19-13-11-10-12-14-19/h10-16,20-21,23H,9,17-18H2,1-8H3/b16-15-/t20-,21-,23-/m0/s1. The van der Waals surface area contributed by atoms with Gasteiger partial charge in [0.25, 0.3) is 0 Å². The summed E-state index contributed by atoms with van der Waals surface area (Å²) in [6.07, 6.45) is 1.89. The van der Waals surface area contributed by atoms with Crippen LogP contribution in [0.1, 0.15) is 47.1 Å². The maximum Gasteiger partial charge on any atom is 0.330 e. The average molecular weight is 465 g/mol. The van der Waals surface area contributed by atoms with E-state index in [-0.39, 0.29) is 11.1 Å². The molecule has 0 spiro atoms. The van der Waals surface area contributed by atoms with Crippen molar-refractivity contribution in [1.29, 1.82) is 0 Å². The van der Waals surface area contributed by atoms with Gasteiger partial charge in [0.1, 0.15) is 12.2 Å². The van der Waals surface area contributed by atoms with Crippen LogP contribution in [0.4, 0.5) is 0 Å². The van der Waals surface area contributed by atoms with E-state index in [1.807, 2.05) is 44.2 Å². The van der Waals surface area contributed by atoms with Gasteiger partial charge < -0.3 is 23.4 Å². The maximum absolute atomic E-state index is 11.9. The van der Waals surface area contributed by atoms with E-state index < -0.39 is 32.3 Å². The van der Waals surface area contributed by atoms with Gasteiger partial charge in [-0.1, -0.05) is 51.1 Å². The van der Waals surface area contributed by atoms with E-state index in [0.717, 1.165) is 5.56 Å². The molecule has 0 saturated carbocycles. The third-order valence-corrected chi connectivity index (χ3v) is 10.4.